The maximum atomic E-state index is 12.5. The lowest BCUT2D eigenvalue weighted by Crippen LogP contribution is -2.66. The van der Waals surface area contributed by atoms with Crippen molar-refractivity contribution < 1.29 is 19.7 Å². The fourth-order valence-electron chi connectivity index (χ4n) is 8.72. The highest BCUT2D eigenvalue weighted by Gasteiger charge is 2.80. The molecule has 4 heteroatoms. The lowest BCUT2D eigenvalue weighted by Gasteiger charge is -2.66. The van der Waals surface area contributed by atoms with Crippen LogP contribution in [-0.2, 0) is 9.53 Å². The Kier molecular flexibility index (Phi) is 3.34. The molecule has 5 aliphatic rings. The van der Waals surface area contributed by atoms with E-state index in [1.54, 1.807) is 6.92 Å². The van der Waals surface area contributed by atoms with Gasteiger partial charge in [-0.15, -0.1) is 0 Å². The summed E-state index contributed by atoms with van der Waals surface area (Å²) in [5.41, 5.74) is -1.42. The van der Waals surface area contributed by atoms with Gasteiger partial charge in [-0.2, -0.15) is 0 Å². The molecule has 0 radical (unpaired) electrons. The molecule has 5 fully saturated rings. The molecular weight excluding hydrogens is 328 g/mol. The molecule has 1 saturated heterocycles. The average Bonchev–Trinajstić information content (AvgIpc) is 3.24. The lowest BCUT2D eigenvalue weighted by molar-refractivity contribution is -0.247. The van der Waals surface area contributed by atoms with Crippen molar-refractivity contribution in [1.82, 2.24) is 0 Å². The molecule has 0 unspecified atom stereocenters. The number of aliphatic hydroxyl groups excluding tert-OH is 1. The molecule has 10 atom stereocenters. The second-order valence-corrected chi connectivity index (χ2v) is 10.8. The van der Waals surface area contributed by atoms with Crippen LogP contribution in [0.4, 0.5) is 0 Å². The number of epoxide rings is 1. The van der Waals surface area contributed by atoms with Gasteiger partial charge in [0.1, 0.15) is 0 Å². The maximum absolute atomic E-state index is 12.5. The SMILES string of the molecule is CC(=O)[C@]12O[C@@H]1C[C@H]1[C@@H]3C[C@@H](C)[C@@]4(O)C[C@H](O)CC[C@]4(C)[C@H]3CC[C@@]12C. The fourth-order valence-corrected chi connectivity index (χ4v) is 8.72. The van der Waals surface area contributed by atoms with Gasteiger partial charge in [0, 0.05) is 11.8 Å². The third-order valence-electron chi connectivity index (χ3n) is 10.2. The highest BCUT2D eigenvalue weighted by Crippen LogP contribution is 2.74. The molecule has 0 spiro atoms. The molecule has 0 aromatic heterocycles. The van der Waals surface area contributed by atoms with Crippen LogP contribution in [0.5, 0.6) is 0 Å². The smallest absolute Gasteiger partial charge is 0.164 e. The Morgan fingerprint density at radius 3 is 2.46 bits per heavy atom. The molecule has 4 saturated carbocycles. The average molecular weight is 363 g/mol. The van der Waals surface area contributed by atoms with Gasteiger partial charge in [0.05, 0.1) is 17.8 Å². The van der Waals surface area contributed by atoms with E-state index < -0.39 is 11.2 Å². The quantitative estimate of drug-likeness (QED) is 0.703. The summed E-state index contributed by atoms with van der Waals surface area (Å²) in [7, 11) is 0. The van der Waals surface area contributed by atoms with E-state index >= 15 is 0 Å². The number of aliphatic hydroxyl groups is 2. The summed E-state index contributed by atoms with van der Waals surface area (Å²) in [6.45, 7) is 8.50. The second kappa shape index (κ2) is 4.93. The summed E-state index contributed by atoms with van der Waals surface area (Å²) in [5, 5.41) is 21.9. The first-order valence-corrected chi connectivity index (χ1v) is 10.7. The number of hydrogen-bond acceptors (Lipinski definition) is 4. The largest absolute Gasteiger partial charge is 0.393 e. The summed E-state index contributed by atoms with van der Waals surface area (Å²) < 4.78 is 6.01. The number of ketones is 1. The minimum absolute atomic E-state index is 0.0373. The Morgan fingerprint density at radius 2 is 1.77 bits per heavy atom. The summed E-state index contributed by atoms with van der Waals surface area (Å²) in [4.78, 5) is 12.5. The first kappa shape index (κ1) is 17.6. The van der Waals surface area contributed by atoms with Gasteiger partial charge in [-0.1, -0.05) is 20.8 Å². The van der Waals surface area contributed by atoms with Gasteiger partial charge in [0.15, 0.2) is 11.4 Å². The standard InChI is InChI=1S/C22H34O4/c1-12-9-15-16(19(3)7-5-14(24)11-21(12,19)25)6-8-20(4)17(15)10-18-22(20,26-18)13(2)23/h12,14-18,24-25H,5-11H2,1-4H3/t12-,14-,15-,16+,17+,18-,19-,20+,21+,22+/m1/s1. The molecule has 26 heavy (non-hydrogen) atoms. The minimum Gasteiger partial charge on any atom is -0.393 e. The topological polar surface area (TPSA) is 70.1 Å². The van der Waals surface area contributed by atoms with E-state index in [4.69, 9.17) is 4.74 Å². The van der Waals surface area contributed by atoms with Crippen molar-refractivity contribution in [2.24, 2.45) is 34.5 Å². The Labute approximate surface area is 156 Å². The van der Waals surface area contributed by atoms with Crippen LogP contribution >= 0.6 is 0 Å². The zero-order valence-corrected chi connectivity index (χ0v) is 16.6. The van der Waals surface area contributed by atoms with E-state index in [1.807, 2.05) is 0 Å². The van der Waals surface area contributed by atoms with Gasteiger partial charge >= 0.3 is 0 Å². The van der Waals surface area contributed by atoms with Crippen LogP contribution in [0.1, 0.15) is 72.6 Å². The van der Waals surface area contributed by atoms with Crippen molar-refractivity contribution >= 4 is 5.78 Å². The summed E-state index contributed by atoms with van der Waals surface area (Å²) in [6.07, 6.45) is 6.14. The number of Topliss-reactive ketones (excluding diaryl/α,β-unsaturated/α-hetero) is 1. The Morgan fingerprint density at radius 1 is 1.08 bits per heavy atom. The Bertz CT molecular complexity index is 663. The predicted octanol–water partition coefficient (Wildman–Crippen LogP) is 3.09. The molecule has 4 nitrogen and oxygen atoms in total. The van der Waals surface area contributed by atoms with Crippen LogP contribution in [0, 0.1) is 34.5 Å². The zero-order chi connectivity index (χ0) is 18.7. The molecule has 1 heterocycles. The van der Waals surface area contributed by atoms with Gasteiger partial charge in [0.25, 0.3) is 0 Å². The summed E-state index contributed by atoms with van der Waals surface area (Å²) in [6, 6.07) is 0. The number of hydrogen-bond donors (Lipinski definition) is 2. The van der Waals surface area contributed by atoms with E-state index in [0.717, 1.165) is 38.5 Å². The highest BCUT2D eigenvalue weighted by atomic mass is 16.6. The number of ether oxygens (including phenoxy) is 1. The molecule has 0 aromatic rings. The number of fused-ring (bicyclic) bond motifs is 7. The van der Waals surface area contributed by atoms with E-state index in [-0.39, 0.29) is 34.7 Å². The number of carbonyl (C=O) groups is 1. The molecule has 4 aliphatic carbocycles. The van der Waals surface area contributed by atoms with Crippen LogP contribution in [0.25, 0.3) is 0 Å². The molecule has 1 aliphatic heterocycles. The van der Waals surface area contributed by atoms with E-state index in [1.165, 1.54) is 0 Å². The molecule has 146 valence electrons. The second-order valence-electron chi connectivity index (χ2n) is 10.8. The van der Waals surface area contributed by atoms with E-state index in [0.29, 0.717) is 24.2 Å². The molecule has 0 aromatic carbocycles. The summed E-state index contributed by atoms with van der Waals surface area (Å²) >= 11 is 0. The van der Waals surface area contributed by atoms with E-state index in [2.05, 4.69) is 20.8 Å². The van der Waals surface area contributed by atoms with Crippen molar-refractivity contribution in [2.45, 2.75) is 96.1 Å². The van der Waals surface area contributed by atoms with Crippen LogP contribution in [-0.4, -0.2) is 39.4 Å². The first-order valence-electron chi connectivity index (χ1n) is 10.7. The van der Waals surface area contributed by atoms with Gasteiger partial charge < -0.3 is 14.9 Å². The van der Waals surface area contributed by atoms with E-state index in [9.17, 15) is 15.0 Å². The zero-order valence-electron chi connectivity index (χ0n) is 16.6. The minimum atomic E-state index is -0.754. The summed E-state index contributed by atoms with van der Waals surface area (Å²) in [5.74, 6) is 2.00. The molecule has 5 rings (SSSR count). The Balaban J connectivity index is 1.53. The molecule has 0 amide bonds. The fraction of sp³-hybridized carbons (Fsp3) is 0.955. The third-order valence-corrected chi connectivity index (χ3v) is 10.2. The van der Waals surface area contributed by atoms with Crippen molar-refractivity contribution in [2.75, 3.05) is 0 Å². The van der Waals surface area contributed by atoms with Crippen molar-refractivity contribution in [3.8, 4) is 0 Å². The number of rotatable bonds is 1. The monoisotopic (exact) mass is 362 g/mol. The lowest BCUT2D eigenvalue weighted by atomic mass is 9.41. The third kappa shape index (κ3) is 1.72. The van der Waals surface area contributed by atoms with Gasteiger partial charge in [-0.25, -0.2) is 0 Å². The highest BCUT2D eigenvalue weighted by molar-refractivity contribution is 5.90. The van der Waals surface area contributed by atoms with Crippen molar-refractivity contribution in [3.63, 3.8) is 0 Å². The molecular formula is C22H34O4. The van der Waals surface area contributed by atoms with Crippen LogP contribution < -0.4 is 0 Å². The van der Waals surface area contributed by atoms with Crippen molar-refractivity contribution in [1.29, 1.82) is 0 Å². The van der Waals surface area contributed by atoms with Gasteiger partial charge in [-0.3, -0.25) is 4.79 Å². The maximum Gasteiger partial charge on any atom is 0.164 e. The van der Waals surface area contributed by atoms with Crippen LogP contribution in [0.3, 0.4) is 0 Å². The first-order chi connectivity index (χ1) is 12.1. The molecule has 0 bridgehead atoms. The van der Waals surface area contributed by atoms with Crippen molar-refractivity contribution in [3.05, 3.63) is 0 Å². The van der Waals surface area contributed by atoms with Gasteiger partial charge in [0.2, 0.25) is 0 Å². The predicted molar refractivity (Wildman–Crippen MR) is 97.4 cm³/mol. The van der Waals surface area contributed by atoms with Crippen LogP contribution in [0.2, 0.25) is 0 Å². The number of carbonyl (C=O) groups excluding carboxylic acids is 1. The van der Waals surface area contributed by atoms with Crippen LogP contribution in [0.15, 0.2) is 0 Å². The van der Waals surface area contributed by atoms with Gasteiger partial charge in [-0.05, 0) is 74.5 Å². The molecule has 2 N–H and O–H groups in total. The Hall–Kier alpha value is -0.450. The normalized spacial score (nSPS) is 63.3.